The molecule has 0 saturated heterocycles. The minimum absolute atomic E-state index is 0.255. The summed E-state index contributed by atoms with van der Waals surface area (Å²) in [5.74, 6) is 0.937. The number of fused-ring (bicyclic) bond motifs is 1. The molecule has 98 valence electrons. The van der Waals surface area contributed by atoms with Gasteiger partial charge in [-0.15, -0.1) is 0 Å². The molecule has 2 nitrogen and oxygen atoms in total. The molecule has 3 rings (SSSR count). The zero-order valence-corrected chi connectivity index (χ0v) is 12.4. The fraction of sp³-hybridized carbons (Fsp3) is 0.250. The van der Waals surface area contributed by atoms with Crippen LogP contribution in [0.4, 0.5) is 0 Å². The van der Waals surface area contributed by atoms with Crippen molar-refractivity contribution in [2.75, 3.05) is 13.7 Å². The van der Waals surface area contributed by atoms with Crippen LogP contribution >= 0.6 is 15.9 Å². The molecule has 19 heavy (non-hydrogen) atoms. The van der Waals surface area contributed by atoms with Crippen molar-refractivity contribution in [2.45, 2.75) is 12.5 Å². The summed E-state index contributed by atoms with van der Waals surface area (Å²) < 4.78 is 6.46. The second-order valence-corrected chi connectivity index (χ2v) is 5.58. The molecule has 0 saturated carbocycles. The molecular weight excluding hydrogens is 302 g/mol. The topological polar surface area (TPSA) is 21.3 Å². The lowest BCUT2D eigenvalue weighted by molar-refractivity contribution is 0.413. The lowest BCUT2D eigenvalue weighted by Crippen LogP contribution is -2.30. The molecule has 0 spiro atoms. The lowest BCUT2D eigenvalue weighted by atomic mass is 9.90. The third kappa shape index (κ3) is 2.40. The Hall–Kier alpha value is -1.32. The fourth-order valence-corrected chi connectivity index (χ4v) is 3.17. The van der Waals surface area contributed by atoms with Crippen LogP contribution in [-0.2, 0) is 6.42 Å². The van der Waals surface area contributed by atoms with Gasteiger partial charge in [0.1, 0.15) is 5.75 Å². The summed E-state index contributed by atoms with van der Waals surface area (Å²) in [4.78, 5) is 0. The molecule has 1 aliphatic rings. The first-order chi connectivity index (χ1) is 9.29. The summed E-state index contributed by atoms with van der Waals surface area (Å²) in [5.41, 5.74) is 4.01. The van der Waals surface area contributed by atoms with E-state index in [4.69, 9.17) is 4.74 Å². The second-order valence-electron chi connectivity index (χ2n) is 4.72. The highest BCUT2D eigenvalue weighted by Gasteiger charge is 2.22. The highest BCUT2D eigenvalue weighted by Crippen LogP contribution is 2.34. The van der Waals surface area contributed by atoms with Crippen molar-refractivity contribution in [2.24, 2.45) is 0 Å². The van der Waals surface area contributed by atoms with E-state index in [-0.39, 0.29) is 6.04 Å². The average molecular weight is 318 g/mol. The Bertz CT molecular complexity index is 597. The van der Waals surface area contributed by atoms with E-state index in [1.165, 1.54) is 16.7 Å². The maximum absolute atomic E-state index is 5.32. The smallest absolute Gasteiger partial charge is 0.119 e. The Kier molecular flexibility index (Phi) is 3.58. The van der Waals surface area contributed by atoms with Crippen molar-refractivity contribution in [1.29, 1.82) is 0 Å². The van der Waals surface area contributed by atoms with Crippen LogP contribution < -0.4 is 10.1 Å². The van der Waals surface area contributed by atoms with Crippen molar-refractivity contribution >= 4 is 15.9 Å². The van der Waals surface area contributed by atoms with Crippen molar-refractivity contribution in [3.63, 3.8) is 0 Å². The molecule has 1 atom stereocenters. The summed E-state index contributed by atoms with van der Waals surface area (Å²) in [6, 6.07) is 15.0. The minimum atomic E-state index is 0.255. The molecular formula is C16H16BrNO. The molecule has 1 heterocycles. The SMILES string of the molecule is COc1ccc2c(c1)CCNC2c1ccccc1Br. The number of methoxy groups -OCH3 is 1. The quantitative estimate of drug-likeness (QED) is 0.912. The van der Waals surface area contributed by atoms with Crippen LogP contribution in [0.15, 0.2) is 46.9 Å². The molecule has 2 aromatic carbocycles. The Morgan fingerprint density at radius 3 is 2.79 bits per heavy atom. The molecule has 1 unspecified atom stereocenters. The van der Waals surface area contributed by atoms with Crippen LogP contribution in [-0.4, -0.2) is 13.7 Å². The predicted octanol–water partition coefficient (Wildman–Crippen LogP) is 3.69. The second kappa shape index (κ2) is 5.35. The van der Waals surface area contributed by atoms with Gasteiger partial charge >= 0.3 is 0 Å². The van der Waals surface area contributed by atoms with E-state index in [1.54, 1.807) is 7.11 Å². The van der Waals surface area contributed by atoms with Crippen LogP contribution in [0, 0.1) is 0 Å². The van der Waals surface area contributed by atoms with E-state index in [1.807, 2.05) is 12.1 Å². The third-order valence-corrected chi connectivity index (χ3v) is 4.34. The zero-order valence-electron chi connectivity index (χ0n) is 10.8. The van der Waals surface area contributed by atoms with E-state index in [0.29, 0.717) is 0 Å². The molecule has 1 N–H and O–H groups in total. The van der Waals surface area contributed by atoms with E-state index in [0.717, 1.165) is 23.2 Å². The first-order valence-corrected chi connectivity index (χ1v) is 7.23. The van der Waals surface area contributed by atoms with E-state index < -0.39 is 0 Å². The van der Waals surface area contributed by atoms with Gasteiger partial charge in [-0.2, -0.15) is 0 Å². The van der Waals surface area contributed by atoms with Crippen molar-refractivity contribution < 1.29 is 4.74 Å². The minimum Gasteiger partial charge on any atom is -0.497 e. The number of halogens is 1. The molecule has 0 radical (unpaired) electrons. The van der Waals surface area contributed by atoms with Gasteiger partial charge in [0, 0.05) is 11.0 Å². The Morgan fingerprint density at radius 1 is 1.16 bits per heavy atom. The maximum Gasteiger partial charge on any atom is 0.119 e. The van der Waals surface area contributed by atoms with E-state index in [2.05, 4.69) is 51.6 Å². The largest absolute Gasteiger partial charge is 0.497 e. The monoisotopic (exact) mass is 317 g/mol. The summed E-state index contributed by atoms with van der Waals surface area (Å²) in [5, 5.41) is 3.60. The van der Waals surface area contributed by atoms with Gasteiger partial charge in [-0.25, -0.2) is 0 Å². The summed E-state index contributed by atoms with van der Waals surface area (Å²) in [6.07, 6.45) is 1.05. The number of ether oxygens (including phenoxy) is 1. The molecule has 0 amide bonds. The third-order valence-electron chi connectivity index (χ3n) is 3.62. The van der Waals surface area contributed by atoms with Crippen LogP contribution in [0.2, 0.25) is 0 Å². The van der Waals surface area contributed by atoms with Gasteiger partial charge in [-0.05, 0) is 41.3 Å². The Balaban J connectivity index is 2.06. The summed E-state index contributed by atoms with van der Waals surface area (Å²) in [7, 11) is 1.72. The molecule has 2 aromatic rings. The summed E-state index contributed by atoms with van der Waals surface area (Å²) in [6.45, 7) is 0.992. The van der Waals surface area contributed by atoms with Gasteiger partial charge in [0.05, 0.1) is 13.2 Å². The van der Waals surface area contributed by atoms with Crippen LogP contribution in [0.25, 0.3) is 0 Å². The first kappa shape index (κ1) is 12.7. The predicted molar refractivity (Wildman–Crippen MR) is 80.7 cm³/mol. The van der Waals surface area contributed by atoms with E-state index >= 15 is 0 Å². The molecule has 3 heteroatoms. The molecule has 1 aliphatic heterocycles. The maximum atomic E-state index is 5.32. The van der Waals surface area contributed by atoms with Gasteiger partial charge in [0.25, 0.3) is 0 Å². The summed E-state index contributed by atoms with van der Waals surface area (Å²) >= 11 is 3.65. The Morgan fingerprint density at radius 2 is 2.00 bits per heavy atom. The highest BCUT2D eigenvalue weighted by molar-refractivity contribution is 9.10. The average Bonchev–Trinajstić information content (AvgIpc) is 2.46. The van der Waals surface area contributed by atoms with Crippen molar-refractivity contribution in [3.8, 4) is 5.75 Å². The van der Waals surface area contributed by atoms with Crippen LogP contribution in [0.5, 0.6) is 5.75 Å². The zero-order chi connectivity index (χ0) is 13.2. The first-order valence-electron chi connectivity index (χ1n) is 6.44. The molecule has 0 aromatic heterocycles. The highest BCUT2D eigenvalue weighted by atomic mass is 79.9. The number of nitrogens with one attached hydrogen (secondary N) is 1. The van der Waals surface area contributed by atoms with E-state index in [9.17, 15) is 0 Å². The van der Waals surface area contributed by atoms with Gasteiger partial charge in [0.2, 0.25) is 0 Å². The lowest BCUT2D eigenvalue weighted by Gasteiger charge is -2.28. The Labute approximate surface area is 121 Å². The number of hydrogen-bond donors (Lipinski definition) is 1. The standard InChI is InChI=1S/C16H16BrNO/c1-19-12-6-7-13-11(10-12)8-9-18-16(13)14-4-2-3-5-15(14)17/h2-7,10,16,18H,8-9H2,1H3. The molecule has 0 fully saturated rings. The van der Waals surface area contributed by atoms with Crippen LogP contribution in [0.1, 0.15) is 22.7 Å². The number of rotatable bonds is 2. The van der Waals surface area contributed by atoms with Gasteiger partial charge in [0.15, 0.2) is 0 Å². The van der Waals surface area contributed by atoms with Crippen molar-refractivity contribution in [3.05, 3.63) is 63.6 Å². The van der Waals surface area contributed by atoms with Crippen LogP contribution in [0.3, 0.4) is 0 Å². The number of benzene rings is 2. The molecule has 0 aliphatic carbocycles. The van der Waals surface area contributed by atoms with Crippen molar-refractivity contribution in [1.82, 2.24) is 5.32 Å². The molecule has 0 bridgehead atoms. The van der Waals surface area contributed by atoms with Gasteiger partial charge < -0.3 is 10.1 Å². The normalized spacial score (nSPS) is 17.9. The van der Waals surface area contributed by atoms with Gasteiger partial charge in [-0.3, -0.25) is 0 Å². The fourth-order valence-electron chi connectivity index (χ4n) is 2.66. The number of hydrogen-bond acceptors (Lipinski definition) is 2. The van der Waals surface area contributed by atoms with Gasteiger partial charge in [-0.1, -0.05) is 40.2 Å².